The van der Waals surface area contributed by atoms with Gasteiger partial charge in [-0.05, 0) is 23.3 Å². The Balaban J connectivity index is 2.67. The molecular weight excluding hydrogens is 212 g/mol. The van der Waals surface area contributed by atoms with Gasteiger partial charge in [-0.25, -0.2) is 0 Å². The van der Waals surface area contributed by atoms with Crippen molar-refractivity contribution in [3.8, 4) is 29.0 Å². The molecule has 0 radical (unpaired) electrons. The largest absolute Gasteiger partial charge is 0.505 e. The third-order valence-electron chi connectivity index (χ3n) is 2.46. The lowest BCUT2D eigenvalue weighted by Gasteiger charge is -2.05. The molecule has 0 heterocycles. The number of benzene rings is 2. The molecule has 2 aromatic carbocycles. The van der Waals surface area contributed by atoms with E-state index in [0.717, 1.165) is 11.1 Å². The van der Waals surface area contributed by atoms with Crippen LogP contribution in [0, 0.1) is 22.7 Å². The van der Waals surface area contributed by atoms with Crippen LogP contribution in [0.2, 0.25) is 0 Å². The maximum Gasteiger partial charge on any atom is 0.151 e. The Morgan fingerprint density at radius 2 is 1.35 bits per heavy atom. The molecule has 2 aromatic rings. The average Bonchev–Trinajstić information content (AvgIpc) is 2.40. The number of phenolic OH excluding ortho intramolecular Hbond substituents is 1. The quantitative estimate of drug-likeness (QED) is 0.803. The van der Waals surface area contributed by atoms with Crippen LogP contribution in [-0.4, -0.2) is 5.11 Å². The van der Waals surface area contributed by atoms with Crippen LogP contribution in [0.25, 0.3) is 11.1 Å². The minimum absolute atomic E-state index is 0.114. The molecule has 2 rings (SSSR count). The molecule has 0 saturated heterocycles. The number of aromatic hydroxyl groups is 1. The van der Waals surface area contributed by atoms with E-state index < -0.39 is 0 Å². The minimum atomic E-state index is -0.255. The summed E-state index contributed by atoms with van der Waals surface area (Å²) in [6, 6.07) is 16.3. The fraction of sp³-hybridized carbons (Fsp3) is 0. The molecule has 0 saturated carbocycles. The van der Waals surface area contributed by atoms with Gasteiger partial charge >= 0.3 is 0 Å². The molecule has 1 N–H and O–H groups in total. The Labute approximate surface area is 98.8 Å². The molecule has 0 fully saturated rings. The van der Waals surface area contributed by atoms with Crippen LogP contribution < -0.4 is 0 Å². The molecule has 0 unspecified atom stereocenters. The highest BCUT2D eigenvalue weighted by Gasteiger charge is 2.10. The van der Waals surface area contributed by atoms with Gasteiger partial charge < -0.3 is 5.11 Å². The first-order chi connectivity index (χ1) is 8.26. The van der Waals surface area contributed by atoms with E-state index in [2.05, 4.69) is 0 Å². The number of hydrogen-bond donors (Lipinski definition) is 1. The van der Waals surface area contributed by atoms with Crippen LogP contribution in [-0.2, 0) is 0 Å². The van der Waals surface area contributed by atoms with Crippen molar-refractivity contribution in [2.24, 2.45) is 0 Å². The molecule has 0 atom stereocenters. The highest BCUT2D eigenvalue weighted by molar-refractivity contribution is 5.70. The minimum Gasteiger partial charge on any atom is -0.505 e. The molecule has 0 aromatic heterocycles. The summed E-state index contributed by atoms with van der Waals surface area (Å²) in [6.45, 7) is 0. The zero-order chi connectivity index (χ0) is 12.3. The Morgan fingerprint density at radius 1 is 0.824 bits per heavy atom. The molecule has 0 spiro atoms. The van der Waals surface area contributed by atoms with Crippen molar-refractivity contribution in [2.75, 3.05) is 0 Å². The first-order valence-corrected chi connectivity index (χ1v) is 4.99. The summed E-state index contributed by atoms with van der Waals surface area (Å²) in [5.41, 5.74) is 1.88. The first kappa shape index (κ1) is 10.7. The van der Waals surface area contributed by atoms with Crippen LogP contribution in [0.4, 0.5) is 0 Å². The van der Waals surface area contributed by atoms with E-state index in [4.69, 9.17) is 10.5 Å². The summed E-state index contributed by atoms with van der Waals surface area (Å²) in [5, 5.41) is 27.4. The second kappa shape index (κ2) is 4.38. The number of phenols is 1. The van der Waals surface area contributed by atoms with Gasteiger partial charge in [-0.3, -0.25) is 0 Å². The van der Waals surface area contributed by atoms with Crippen molar-refractivity contribution in [1.29, 1.82) is 10.5 Å². The summed E-state index contributed by atoms with van der Waals surface area (Å²) >= 11 is 0. The molecule has 3 heteroatoms. The summed E-state index contributed by atoms with van der Waals surface area (Å²) in [7, 11) is 0. The Kier molecular flexibility index (Phi) is 2.77. The summed E-state index contributed by atoms with van der Waals surface area (Å²) in [4.78, 5) is 0. The predicted molar refractivity (Wildman–Crippen MR) is 63.0 cm³/mol. The molecular formula is C14H8N2O. The summed E-state index contributed by atoms with van der Waals surface area (Å²) in [5.74, 6) is -0.255. The average molecular weight is 220 g/mol. The molecule has 0 aliphatic carbocycles. The van der Waals surface area contributed by atoms with Gasteiger partial charge in [0.05, 0.1) is 11.1 Å². The van der Waals surface area contributed by atoms with E-state index in [9.17, 15) is 5.11 Å². The van der Waals surface area contributed by atoms with Gasteiger partial charge in [0.15, 0.2) is 5.75 Å². The Morgan fingerprint density at radius 3 is 1.82 bits per heavy atom. The number of rotatable bonds is 1. The van der Waals surface area contributed by atoms with E-state index in [-0.39, 0.29) is 16.9 Å². The van der Waals surface area contributed by atoms with Gasteiger partial charge in [-0.1, -0.05) is 30.3 Å². The molecule has 80 valence electrons. The Hall–Kier alpha value is -2.78. The summed E-state index contributed by atoms with van der Waals surface area (Å²) in [6.07, 6.45) is 0. The van der Waals surface area contributed by atoms with Gasteiger partial charge in [0, 0.05) is 0 Å². The van der Waals surface area contributed by atoms with Crippen molar-refractivity contribution in [3.63, 3.8) is 0 Å². The maximum atomic E-state index is 9.62. The summed E-state index contributed by atoms with van der Waals surface area (Å²) < 4.78 is 0. The molecule has 3 nitrogen and oxygen atoms in total. The van der Waals surface area contributed by atoms with E-state index >= 15 is 0 Å². The molecule has 0 aliphatic heterocycles. The fourth-order valence-electron chi connectivity index (χ4n) is 1.60. The van der Waals surface area contributed by atoms with Gasteiger partial charge in [0.1, 0.15) is 12.1 Å². The van der Waals surface area contributed by atoms with Gasteiger partial charge in [-0.15, -0.1) is 0 Å². The van der Waals surface area contributed by atoms with Crippen LogP contribution in [0.5, 0.6) is 5.75 Å². The van der Waals surface area contributed by atoms with Crippen molar-refractivity contribution in [3.05, 3.63) is 53.6 Å². The van der Waals surface area contributed by atoms with Crippen LogP contribution in [0.15, 0.2) is 42.5 Å². The lowest BCUT2D eigenvalue weighted by atomic mass is 9.99. The fourth-order valence-corrected chi connectivity index (χ4v) is 1.60. The first-order valence-electron chi connectivity index (χ1n) is 4.99. The monoisotopic (exact) mass is 220 g/mol. The van der Waals surface area contributed by atoms with E-state index in [1.54, 1.807) is 12.1 Å². The second-order valence-corrected chi connectivity index (χ2v) is 3.51. The highest BCUT2D eigenvalue weighted by Crippen LogP contribution is 2.29. The van der Waals surface area contributed by atoms with Crippen molar-refractivity contribution >= 4 is 0 Å². The van der Waals surface area contributed by atoms with Crippen molar-refractivity contribution in [2.45, 2.75) is 0 Å². The topological polar surface area (TPSA) is 67.8 Å². The maximum absolute atomic E-state index is 9.62. The van der Waals surface area contributed by atoms with E-state index in [0.29, 0.717) is 0 Å². The lowest BCUT2D eigenvalue weighted by molar-refractivity contribution is 0.472. The van der Waals surface area contributed by atoms with Gasteiger partial charge in [-0.2, -0.15) is 10.5 Å². The zero-order valence-corrected chi connectivity index (χ0v) is 8.88. The van der Waals surface area contributed by atoms with Crippen LogP contribution in [0.3, 0.4) is 0 Å². The molecule has 0 aliphatic rings. The van der Waals surface area contributed by atoms with Gasteiger partial charge in [0.2, 0.25) is 0 Å². The zero-order valence-electron chi connectivity index (χ0n) is 8.88. The predicted octanol–water partition coefficient (Wildman–Crippen LogP) is 2.80. The van der Waals surface area contributed by atoms with Crippen LogP contribution >= 0.6 is 0 Å². The number of nitriles is 2. The standard InChI is InChI=1S/C14H8N2O/c15-8-12-6-11(7-13(9-16)14(12)17)10-4-2-1-3-5-10/h1-7,17H. The van der Waals surface area contributed by atoms with E-state index in [1.165, 1.54) is 0 Å². The second-order valence-electron chi connectivity index (χ2n) is 3.51. The van der Waals surface area contributed by atoms with E-state index in [1.807, 2.05) is 42.5 Å². The highest BCUT2D eigenvalue weighted by atomic mass is 16.3. The molecule has 0 bridgehead atoms. The normalized spacial score (nSPS) is 9.29. The molecule has 17 heavy (non-hydrogen) atoms. The third-order valence-corrected chi connectivity index (χ3v) is 2.46. The number of nitrogens with zero attached hydrogens (tertiary/aromatic N) is 2. The SMILES string of the molecule is N#Cc1cc(-c2ccccc2)cc(C#N)c1O. The van der Waals surface area contributed by atoms with Crippen LogP contribution in [0.1, 0.15) is 11.1 Å². The lowest BCUT2D eigenvalue weighted by Crippen LogP contribution is -1.86. The van der Waals surface area contributed by atoms with Crippen molar-refractivity contribution in [1.82, 2.24) is 0 Å². The Bertz CT molecular complexity index is 599. The molecule has 0 amide bonds. The van der Waals surface area contributed by atoms with Crippen molar-refractivity contribution < 1.29 is 5.11 Å². The van der Waals surface area contributed by atoms with Gasteiger partial charge in [0.25, 0.3) is 0 Å². The smallest absolute Gasteiger partial charge is 0.151 e. The number of hydrogen-bond acceptors (Lipinski definition) is 3. The third kappa shape index (κ3) is 1.95.